The van der Waals surface area contributed by atoms with Crippen LogP contribution in [0.15, 0.2) is 30.3 Å². The molecular formula is C15H20N2O2. The molecule has 4 heteroatoms. The van der Waals surface area contributed by atoms with Crippen LogP contribution in [-0.2, 0) is 16.1 Å². The maximum atomic E-state index is 12.3. The quantitative estimate of drug-likeness (QED) is 0.893. The molecule has 2 amide bonds. The van der Waals surface area contributed by atoms with Gasteiger partial charge >= 0.3 is 0 Å². The molecule has 1 fully saturated rings. The molecular weight excluding hydrogens is 240 g/mol. The van der Waals surface area contributed by atoms with Gasteiger partial charge in [-0.05, 0) is 18.9 Å². The molecule has 102 valence electrons. The van der Waals surface area contributed by atoms with Crippen molar-refractivity contribution < 1.29 is 9.59 Å². The third kappa shape index (κ3) is 3.34. The number of hydrogen-bond donors (Lipinski definition) is 1. The van der Waals surface area contributed by atoms with Gasteiger partial charge in [0.15, 0.2) is 0 Å². The smallest absolute Gasteiger partial charge is 0.228 e. The molecule has 1 N–H and O–H groups in total. The van der Waals surface area contributed by atoms with Crippen molar-refractivity contribution in [3.05, 3.63) is 35.9 Å². The second kappa shape index (κ2) is 5.87. The Morgan fingerprint density at radius 2 is 2.11 bits per heavy atom. The van der Waals surface area contributed by atoms with E-state index in [1.54, 1.807) is 0 Å². The third-order valence-corrected chi connectivity index (χ3v) is 3.59. The summed E-state index contributed by atoms with van der Waals surface area (Å²) in [4.78, 5) is 25.2. The van der Waals surface area contributed by atoms with Crippen LogP contribution in [0.4, 0.5) is 0 Å². The van der Waals surface area contributed by atoms with E-state index in [1.165, 1.54) is 6.92 Å². The molecule has 0 aliphatic carbocycles. The number of nitrogens with zero attached hydrogens (tertiary/aromatic N) is 1. The number of hydrogen-bond acceptors (Lipinski definition) is 2. The van der Waals surface area contributed by atoms with E-state index < -0.39 is 0 Å². The topological polar surface area (TPSA) is 49.4 Å². The third-order valence-electron chi connectivity index (χ3n) is 3.59. The van der Waals surface area contributed by atoms with Crippen molar-refractivity contribution in [1.82, 2.24) is 10.2 Å². The van der Waals surface area contributed by atoms with E-state index in [-0.39, 0.29) is 23.8 Å². The van der Waals surface area contributed by atoms with Crippen LogP contribution in [0.1, 0.15) is 25.8 Å². The molecule has 1 unspecified atom stereocenters. The van der Waals surface area contributed by atoms with Gasteiger partial charge in [-0.1, -0.05) is 30.3 Å². The second-order valence-electron chi connectivity index (χ2n) is 5.13. The molecule has 2 atom stereocenters. The highest BCUT2D eigenvalue weighted by molar-refractivity contribution is 5.82. The zero-order valence-corrected chi connectivity index (χ0v) is 11.4. The van der Waals surface area contributed by atoms with Crippen molar-refractivity contribution in [2.75, 3.05) is 6.54 Å². The van der Waals surface area contributed by atoms with Gasteiger partial charge in [-0.2, -0.15) is 0 Å². The summed E-state index contributed by atoms with van der Waals surface area (Å²) in [5.74, 6) is -0.0282. The van der Waals surface area contributed by atoms with E-state index in [4.69, 9.17) is 0 Å². The molecule has 4 nitrogen and oxygen atoms in total. The van der Waals surface area contributed by atoms with Crippen LogP contribution in [0.3, 0.4) is 0 Å². The Kier molecular flexibility index (Phi) is 4.20. The van der Waals surface area contributed by atoms with Crippen LogP contribution in [0.2, 0.25) is 0 Å². The number of amides is 2. The fraction of sp³-hybridized carbons (Fsp3) is 0.467. The van der Waals surface area contributed by atoms with Gasteiger partial charge in [0.25, 0.3) is 0 Å². The van der Waals surface area contributed by atoms with Gasteiger partial charge in [0.1, 0.15) is 0 Å². The Morgan fingerprint density at radius 3 is 2.74 bits per heavy atom. The lowest BCUT2D eigenvalue weighted by molar-refractivity contribution is -0.132. The lowest BCUT2D eigenvalue weighted by Gasteiger charge is -2.20. The summed E-state index contributed by atoms with van der Waals surface area (Å²) < 4.78 is 0. The summed E-state index contributed by atoms with van der Waals surface area (Å²) in [6.45, 7) is 4.80. The average Bonchev–Trinajstić information content (AvgIpc) is 2.72. The first-order chi connectivity index (χ1) is 9.08. The summed E-state index contributed by atoms with van der Waals surface area (Å²) >= 11 is 0. The Balaban J connectivity index is 1.96. The first-order valence-electron chi connectivity index (χ1n) is 6.67. The highest BCUT2D eigenvalue weighted by atomic mass is 16.2. The molecule has 1 aliphatic heterocycles. The monoisotopic (exact) mass is 260 g/mol. The minimum absolute atomic E-state index is 0.0817. The SMILES string of the molecule is CC(=O)NC(C)[C@@H]1CCN(Cc2ccccc2)C1=O. The van der Waals surface area contributed by atoms with E-state index in [2.05, 4.69) is 5.32 Å². The van der Waals surface area contributed by atoms with Crippen LogP contribution in [0, 0.1) is 5.92 Å². The van der Waals surface area contributed by atoms with E-state index in [0.29, 0.717) is 6.54 Å². The van der Waals surface area contributed by atoms with Crippen molar-refractivity contribution in [3.8, 4) is 0 Å². The van der Waals surface area contributed by atoms with Gasteiger partial charge in [-0.15, -0.1) is 0 Å². The predicted molar refractivity (Wildman–Crippen MR) is 73.2 cm³/mol. The van der Waals surface area contributed by atoms with Gasteiger partial charge in [0, 0.05) is 26.1 Å². The molecule has 1 heterocycles. The molecule has 0 bridgehead atoms. The minimum atomic E-state index is -0.0919. The van der Waals surface area contributed by atoms with Crippen LogP contribution in [0.5, 0.6) is 0 Å². The summed E-state index contributed by atoms with van der Waals surface area (Å²) in [5, 5.41) is 2.81. The molecule has 0 aromatic heterocycles. The largest absolute Gasteiger partial charge is 0.353 e. The summed E-state index contributed by atoms with van der Waals surface area (Å²) in [7, 11) is 0. The van der Waals surface area contributed by atoms with E-state index in [0.717, 1.165) is 18.5 Å². The van der Waals surface area contributed by atoms with Crippen molar-refractivity contribution >= 4 is 11.8 Å². The lowest BCUT2D eigenvalue weighted by atomic mass is 10.00. The highest BCUT2D eigenvalue weighted by Gasteiger charge is 2.35. The van der Waals surface area contributed by atoms with Crippen LogP contribution < -0.4 is 5.32 Å². The molecule has 0 saturated carbocycles. The molecule has 0 spiro atoms. The van der Waals surface area contributed by atoms with Gasteiger partial charge in [-0.25, -0.2) is 0 Å². The Bertz CT molecular complexity index is 458. The molecule has 1 aliphatic rings. The highest BCUT2D eigenvalue weighted by Crippen LogP contribution is 2.23. The summed E-state index contributed by atoms with van der Waals surface area (Å²) in [6.07, 6.45) is 0.813. The Morgan fingerprint density at radius 1 is 1.42 bits per heavy atom. The van der Waals surface area contributed by atoms with E-state index >= 15 is 0 Å². The number of nitrogens with one attached hydrogen (secondary N) is 1. The fourth-order valence-corrected chi connectivity index (χ4v) is 2.61. The maximum absolute atomic E-state index is 12.3. The van der Waals surface area contributed by atoms with Gasteiger partial charge in [0.05, 0.1) is 5.92 Å². The first-order valence-corrected chi connectivity index (χ1v) is 6.67. The van der Waals surface area contributed by atoms with Crippen molar-refractivity contribution in [2.45, 2.75) is 32.9 Å². The molecule has 0 radical (unpaired) electrons. The Hall–Kier alpha value is -1.84. The molecule has 2 rings (SSSR count). The number of carbonyl (C=O) groups excluding carboxylic acids is 2. The van der Waals surface area contributed by atoms with Gasteiger partial charge in [0.2, 0.25) is 11.8 Å². The van der Waals surface area contributed by atoms with E-state index in [1.807, 2.05) is 42.2 Å². The normalized spacial score (nSPS) is 20.4. The van der Waals surface area contributed by atoms with Gasteiger partial charge < -0.3 is 10.2 Å². The maximum Gasteiger partial charge on any atom is 0.228 e. The van der Waals surface area contributed by atoms with Gasteiger partial charge in [-0.3, -0.25) is 9.59 Å². The molecule has 19 heavy (non-hydrogen) atoms. The number of likely N-dealkylation sites (tertiary alicyclic amines) is 1. The van der Waals surface area contributed by atoms with Crippen LogP contribution in [0.25, 0.3) is 0 Å². The Labute approximate surface area is 113 Å². The van der Waals surface area contributed by atoms with Crippen molar-refractivity contribution in [1.29, 1.82) is 0 Å². The minimum Gasteiger partial charge on any atom is -0.353 e. The van der Waals surface area contributed by atoms with Crippen molar-refractivity contribution in [3.63, 3.8) is 0 Å². The number of benzene rings is 1. The average molecular weight is 260 g/mol. The predicted octanol–water partition coefficient (Wildman–Crippen LogP) is 1.56. The molecule has 1 aromatic rings. The second-order valence-corrected chi connectivity index (χ2v) is 5.13. The zero-order valence-electron chi connectivity index (χ0n) is 11.4. The summed E-state index contributed by atoms with van der Waals surface area (Å²) in [5.41, 5.74) is 1.14. The molecule has 1 aromatic carbocycles. The first kappa shape index (κ1) is 13.6. The number of rotatable bonds is 4. The zero-order chi connectivity index (χ0) is 13.8. The van der Waals surface area contributed by atoms with Crippen LogP contribution >= 0.6 is 0 Å². The fourth-order valence-electron chi connectivity index (χ4n) is 2.61. The standard InChI is InChI=1S/C15H20N2O2/c1-11(16-12(2)18)14-8-9-17(15(14)19)10-13-6-4-3-5-7-13/h3-7,11,14H,8-10H2,1-2H3,(H,16,18)/t11?,14-/m0/s1. The molecule has 1 saturated heterocycles. The van der Waals surface area contributed by atoms with E-state index in [9.17, 15) is 9.59 Å². The summed E-state index contributed by atoms with van der Waals surface area (Å²) in [6, 6.07) is 9.89. The van der Waals surface area contributed by atoms with Crippen molar-refractivity contribution in [2.24, 2.45) is 5.92 Å². The lowest BCUT2D eigenvalue weighted by Crippen LogP contribution is -2.40. The number of carbonyl (C=O) groups is 2. The van der Waals surface area contributed by atoms with Crippen LogP contribution in [-0.4, -0.2) is 29.3 Å².